The second-order valence-electron chi connectivity index (χ2n) is 19.0. The lowest BCUT2D eigenvalue weighted by Gasteiger charge is -2.29. The van der Waals surface area contributed by atoms with Crippen molar-refractivity contribution in [3.05, 3.63) is 0 Å². The van der Waals surface area contributed by atoms with Crippen molar-refractivity contribution in [1.82, 2.24) is 0 Å². The average Bonchev–Trinajstić information content (AvgIpc) is 3.26. The summed E-state index contributed by atoms with van der Waals surface area (Å²) in [5.41, 5.74) is 6.19. The van der Waals surface area contributed by atoms with Crippen LogP contribution >= 0.6 is 11.8 Å². The van der Waals surface area contributed by atoms with Crippen LogP contribution in [0.15, 0.2) is 0 Å². The van der Waals surface area contributed by atoms with Gasteiger partial charge in [-0.25, -0.2) is 4.79 Å². The Morgan fingerprint density at radius 3 is 1.00 bits per heavy atom. The number of hydrogen-bond acceptors (Lipinski definition) is 9. The minimum absolute atomic E-state index is 0.0454. The number of rotatable bonds is 49. The molecule has 2 atom stereocenters. The first-order valence-electron chi connectivity index (χ1n) is 27.2. The Balaban J connectivity index is 4.63. The number of nitrogens with two attached hydrogens (primary N) is 1. The van der Waals surface area contributed by atoms with Gasteiger partial charge in [-0.3, -0.25) is 14.4 Å². The molecule has 9 heteroatoms. The molecule has 0 aliphatic rings. The first-order valence-corrected chi connectivity index (χ1v) is 28.2. The van der Waals surface area contributed by atoms with Gasteiger partial charge < -0.3 is 19.9 Å². The zero-order valence-corrected chi connectivity index (χ0v) is 42.8. The molecule has 63 heavy (non-hydrogen) atoms. The number of carbonyl (C=O) groups is 4. The van der Waals surface area contributed by atoms with Gasteiger partial charge in [-0.15, -0.1) is 11.8 Å². The molecule has 0 spiro atoms. The van der Waals surface area contributed by atoms with Crippen LogP contribution in [0.5, 0.6) is 0 Å². The van der Waals surface area contributed by atoms with E-state index in [4.69, 9.17) is 19.9 Å². The Kier molecular flexibility index (Phi) is 45.7. The van der Waals surface area contributed by atoms with Crippen molar-refractivity contribution in [1.29, 1.82) is 0 Å². The molecule has 0 rings (SSSR count). The SMILES string of the molecule is CCCCCCCCCCCCCCCC(=O)OC[C@](C)(OC(=O)CCCCCCCCCCCCCCC)SC[C@@H](N)C(=O)OC(=O)CCCCCCCCCCCCCCC. The molecule has 0 aliphatic carbocycles. The standard InChI is InChI=1S/C54H103NO7S/c1-5-8-11-14-17-20-23-26-29-32-35-38-41-44-50(56)60-48-54(4,62-52(58)46-43-40-37-34-31-28-25-22-19-16-13-10-7-3)63-47-49(55)53(59)61-51(57)45-42-39-36-33-30-27-24-21-18-15-12-9-6-2/h49H,5-48,55H2,1-4H3/t49-,54-/m1/s1. The van der Waals surface area contributed by atoms with Crippen LogP contribution in [-0.4, -0.2) is 47.2 Å². The molecule has 0 fully saturated rings. The summed E-state index contributed by atoms with van der Waals surface area (Å²) in [6.45, 7) is 8.33. The summed E-state index contributed by atoms with van der Waals surface area (Å²) in [5.74, 6) is -1.98. The normalized spacial score (nSPS) is 12.8. The van der Waals surface area contributed by atoms with Gasteiger partial charge in [0.05, 0.1) is 0 Å². The third kappa shape index (κ3) is 44.0. The monoisotopic (exact) mass is 910 g/mol. The lowest BCUT2D eigenvalue weighted by Crippen LogP contribution is -2.40. The molecule has 0 unspecified atom stereocenters. The number of hydrogen-bond donors (Lipinski definition) is 1. The maximum Gasteiger partial charge on any atom is 0.331 e. The van der Waals surface area contributed by atoms with Crippen LogP contribution in [0.2, 0.25) is 0 Å². The third-order valence-electron chi connectivity index (χ3n) is 12.4. The second-order valence-corrected chi connectivity index (χ2v) is 20.4. The zero-order valence-electron chi connectivity index (χ0n) is 42.0. The predicted molar refractivity (Wildman–Crippen MR) is 268 cm³/mol. The molecule has 2 N–H and O–H groups in total. The van der Waals surface area contributed by atoms with Crippen molar-refractivity contribution in [2.45, 2.75) is 308 Å². The van der Waals surface area contributed by atoms with Gasteiger partial charge in [-0.1, -0.05) is 252 Å². The van der Waals surface area contributed by atoms with Gasteiger partial charge in [0.25, 0.3) is 0 Å². The predicted octanol–water partition coefficient (Wildman–Crippen LogP) is 16.4. The van der Waals surface area contributed by atoms with E-state index in [1.54, 1.807) is 6.92 Å². The van der Waals surface area contributed by atoms with Crippen molar-refractivity contribution < 1.29 is 33.4 Å². The van der Waals surface area contributed by atoms with Crippen LogP contribution in [0.25, 0.3) is 0 Å². The van der Waals surface area contributed by atoms with E-state index in [-0.39, 0.29) is 37.1 Å². The van der Waals surface area contributed by atoms with E-state index in [1.807, 2.05) is 0 Å². The number of unbranched alkanes of at least 4 members (excludes halogenated alkanes) is 36. The molecular weight excluding hydrogens is 807 g/mol. The van der Waals surface area contributed by atoms with Crippen molar-refractivity contribution >= 4 is 35.6 Å². The molecule has 0 radical (unpaired) electrons. The fraction of sp³-hybridized carbons (Fsp3) is 0.926. The molecule has 0 heterocycles. The maximum atomic E-state index is 13.1. The Morgan fingerprint density at radius 1 is 0.413 bits per heavy atom. The zero-order chi connectivity index (χ0) is 46.3. The van der Waals surface area contributed by atoms with Crippen LogP contribution in [-0.2, 0) is 33.4 Å². The molecule has 0 saturated heterocycles. The molecule has 372 valence electrons. The van der Waals surface area contributed by atoms with Gasteiger partial charge in [0.15, 0.2) is 4.93 Å². The Labute approximate surface area is 394 Å². The largest absolute Gasteiger partial charge is 0.460 e. The summed E-state index contributed by atoms with van der Waals surface area (Å²) in [4.78, 5) is 49.8. The van der Waals surface area contributed by atoms with E-state index in [0.717, 1.165) is 63.1 Å². The molecule has 0 aromatic carbocycles. The molecule has 0 aromatic rings. The highest BCUT2D eigenvalue weighted by Gasteiger charge is 2.33. The number of thioether (sulfide) groups is 1. The van der Waals surface area contributed by atoms with Crippen molar-refractivity contribution in [2.24, 2.45) is 5.73 Å². The highest BCUT2D eigenvalue weighted by molar-refractivity contribution is 8.00. The van der Waals surface area contributed by atoms with E-state index >= 15 is 0 Å². The van der Waals surface area contributed by atoms with Gasteiger partial charge in [0.1, 0.15) is 12.6 Å². The summed E-state index contributed by atoms with van der Waals surface area (Å²) >= 11 is 1.15. The van der Waals surface area contributed by atoms with E-state index in [2.05, 4.69) is 20.8 Å². The highest BCUT2D eigenvalue weighted by atomic mass is 32.2. The highest BCUT2D eigenvalue weighted by Crippen LogP contribution is 2.29. The fourth-order valence-electron chi connectivity index (χ4n) is 8.11. The summed E-state index contributed by atoms with van der Waals surface area (Å²) in [6.07, 6.45) is 48.5. The summed E-state index contributed by atoms with van der Waals surface area (Å²) < 4.78 is 16.7. The van der Waals surface area contributed by atoms with Gasteiger partial charge in [-0.2, -0.15) is 0 Å². The summed E-state index contributed by atoms with van der Waals surface area (Å²) in [5, 5.41) is 0. The molecule has 8 nitrogen and oxygen atoms in total. The van der Waals surface area contributed by atoms with Crippen LogP contribution in [0.4, 0.5) is 0 Å². The first kappa shape index (κ1) is 61.4. The van der Waals surface area contributed by atoms with E-state index in [1.165, 1.54) is 193 Å². The van der Waals surface area contributed by atoms with Crippen LogP contribution in [0.1, 0.15) is 297 Å². The number of esters is 4. The van der Waals surface area contributed by atoms with Gasteiger partial charge in [0.2, 0.25) is 0 Å². The molecular formula is C54H103NO7S. The van der Waals surface area contributed by atoms with Crippen molar-refractivity contribution in [2.75, 3.05) is 12.4 Å². The number of ether oxygens (including phenoxy) is 3. The minimum Gasteiger partial charge on any atom is -0.460 e. The van der Waals surface area contributed by atoms with E-state index < -0.39 is 22.9 Å². The molecule has 0 aromatic heterocycles. The third-order valence-corrected chi connectivity index (χ3v) is 13.7. The van der Waals surface area contributed by atoms with Crippen LogP contribution in [0, 0.1) is 0 Å². The average molecular weight is 910 g/mol. The van der Waals surface area contributed by atoms with E-state index in [9.17, 15) is 19.2 Å². The maximum absolute atomic E-state index is 13.1. The van der Waals surface area contributed by atoms with E-state index in [0.29, 0.717) is 12.8 Å². The summed E-state index contributed by atoms with van der Waals surface area (Å²) in [7, 11) is 0. The van der Waals surface area contributed by atoms with Crippen molar-refractivity contribution in [3.8, 4) is 0 Å². The molecule has 0 amide bonds. The Morgan fingerprint density at radius 2 is 0.683 bits per heavy atom. The summed E-state index contributed by atoms with van der Waals surface area (Å²) in [6, 6.07) is -1.09. The lowest BCUT2D eigenvalue weighted by molar-refractivity contribution is -0.161. The molecule has 0 saturated carbocycles. The Bertz CT molecular complexity index is 1060. The lowest BCUT2D eigenvalue weighted by atomic mass is 10.0. The van der Waals surface area contributed by atoms with Gasteiger partial charge in [0, 0.05) is 25.0 Å². The molecule has 0 aliphatic heterocycles. The fourth-order valence-corrected chi connectivity index (χ4v) is 9.07. The first-order chi connectivity index (χ1) is 30.7. The van der Waals surface area contributed by atoms with Crippen LogP contribution in [0.3, 0.4) is 0 Å². The molecule has 0 bridgehead atoms. The second kappa shape index (κ2) is 46.9. The number of carbonyl (C=O) groups excluding carboxylic acids is 4. The smallest absolute Gasteiger partial charge is 0.331 e. The van der Waals surface area contributed by atoms with Crippen molar-refractivity contribution in [3.63, 3.8) is 0 Å². The minimum atomic E-state index is -1.23. The van der Waals surface area contributed by atoms with Gasteiger partial charge in [-0.05, 0) is 26.2 Å². The topological polar surface area (TPSA) is 122 Å². The Hall–Kier alpha value is -1.61. The quantitative estimate of drug-likeness (QED) is 0.0209. The van der Waals surface area contributed by atoms with Crippen LogP contribution < -0.4 is 5.73 Å². The van der Waals surface area contributed by atoms with Gasteiger partial charge >= 0.3 is 23.9 Å².